The van der Waals surface area contributed by atoms with Crippen molar-refractivity contribution in [2.45, 2.75) is 27.2 Å². The summed E-state index contributed by atoms with van der Waals surface area (Å²) in [6, 6.07) is 6.18. The van der Waals surface area contributed by atoms with Crippen LogP contribution in [0.2, 0.25) is 0 Å². The van der Waals surface area contributed by atoms with Crippen molar-refractivity contribution in [3.63, 3.8) is 0 Å². The van der Waals surface area contributed by atoms with E-state index >= 15 is 0 Å². The molecule has 3 nitrogen and oxygen atoms in total. The summed E-state index contributed by atoms with van der Waals surface area (Å²) < 4.78 is 25.5. The molecule has 0 aliphatic carbocycles. The Hall–Kier alpha value is -2.04. The van der Waals surface area contributed by atoms with E-state index in [1.807, 2.05) is 20.8 Å². The van der Waals surface area contributed by atoms with E-state index in [9.17, 15) is 8.78 Å². The number of aryl methyl sites for hydroxylation is 1. The molecule has 2 aromatic rings. The molecule has 2 rings (SSSR count). The second-order valence-corrected chi connectivity index (χ2v) is 4.56. The Morgan fingerprint density at radius 3 is 2.60 bits per heavy atom. The van der Waals surface area contributed by atoms with Gasteiger partial charge in [0.15, 0.2) is 5.82 Å². The lowest BCUT2D eigenvalue weighted by atomic mass is 10.1. The van der Waals surface area contributed by atoms with Gasteiger partial charge in [-0.1, -0.05) is 18.2 Å². The molecule has 0 unspecified atom stereocenters. The summed E-state index contributed by atoms with van der Waals surface area (Å²) >= 11 is 0. The maximum atomic E-state index is 12.8. The van der Waals surface area contributed by atoms with E-state index in [1.165, 1.54) is 12.1 Å². The molecule has 0 saturated carbocycles. The van der Waals surface area contributed by atoms with E-state index in [0.717, 1.165) is 23.6 Å². The maximum Gasteiger partial charge on any atom is 0.263 e. The molecule has 0 aliphatic heterocycles. The summed E-state index contributed by atoms with van der Waals surface area (Å²) in [5.41, 5.74) is 2.40. The van der Waals surface area contributed by atoms with Gasteiger partial charge in [0, 0.05) is 28.9 Å². The number of nitrogens with zero attached hydrogens (tertiary/aromatic N) is 2. The van der Waals surface area contributed by atoms with Crippen LogP contribution in [0, 0.1) is 13.8 Å². The van der Waals surface area contributed by atoms with Gasteiger partial charge in [-0.3, -0.25) is 0 Å². The minimum Gasteiger partial charge on any atom is -0.370 e. The van der Waals surface area contributed by atoms with Gasteiger partial charge in [0.1, 0.15) is 5.82 Å². The summed E-state index contributed by atoms with van der Waals surface area (Å²) in [4.78, 5) is 8.82. The van der Waals surface area contributed by atoms with Crippen LogP contribution in [-0.4, -0.2) is 16.5 Å². The molecule has 0 amide bonds. The molecule has 0 bridgehead atoms. The zero-order chi connectivity index (χ0) is 14.7. The first kappa shape index (κ1) is 14.4. The van der Waals surface area contributed by atoms with Gasteiger partial charge >= 0.3 is 0 Å². The monoisotopic (exact) mass is 277 g/mol. The first-order valence-corrected chi connectivity index (χ1v) is 6.50. The molecule has 20 heavy (non-hydrogen) atoms. The molecule has 0 spiro atoms. The van der Waals surface area contributed by atoms with Crippen LogP contribution in [-0.2, 0) is 0 Å². The van der Waals surface area contributed by atoms with Gasteiger partial charge in [-0.15, -0.1) is 0 Å². The highest BCUT2D eigenvalue weighted by Gasteiger charge is 2.12. The number of alkyl halides is 2. The minimum absolute atomic E-state index is 0.0191. The number of benzene rings is 1. The van der Waals surface area contributed by atoms with E-state index in [2.05, 4.69) is 15.3 Å². The molecule has 0 atom stereocenters. The SMILES string of the molecule is CCNc1nc(-c2cccc(C(F)F)c2)nc(C)c1C. The Morgan fingerprint density at radius 2 is 1.95 bits per heavy atom. The molecule has 106 valence electrons. The predicted molar refractivity (Wildman–Crippen MR) is 76.1 cm³/mol. The number of hydrogen-bond donors (Lipinski definition) is 1. The van der Waals surface area contributed by atoms with Crippen molar-refractivity contribution < 1.29 is 8.78 Å². The van der Waals surface area contributed by atoms with Crippen molar-refractivity contribution in [3.05, 3.63) is 41.1 Å². The Morgan fingerprint density at radius 1 is 1.20 bits per heavy atom. The Labute approximate surface area is 117 Å². The average Bonchev–Trinajstić information content (AvgIpc) is 2.44. The number of aromatic nitrogens is 2. The highest BCUT2D eigenvalue weighted by Crippen LogP contribution is 2.26. The summed E-state index contributed by atoms with van der Waals surface area (Å²) in [6.45, 7) is 6.55. The van der Waals surface area contributed by atoms with E-state index in [-0.39, 0.29) is 5.56 Å². The van der Waals surface area contributed by atoms with Crippen LogP contribution < -0.4 is 5.32 Å². The zero-order valence-electron chi connectivity index (χ0n) is 11.7. The molecule has 5 heteroatoms. The third-order valence-electron chi connectivity index (χ3n) is 3.13. The Bertz CT molecular complexity index is 612. The summed E-state index contributed by atoms with van der Waals surface area (Å²) in [7, 11) is 0. The molecule has 1 aromatic carbocycles. The van der Waals surface area contributed by atoms with Gasteiger partial charge in [-0.25, -0.2) is 18.7 Å². The van der Waals surface area contributed by atoms with E-state index in [4.69, 9.17) is 0 Å². The third kappa shape index (κ3) is 2.92. The maximum absolute atomic E-state index is 12.8. The van der Waals surface area contributed by atoms with Crippen LogP contribution in [0.4, 0.5) is 14.6 Å². The number of nitrogens with one attached hydrogen (secondary N) is 1. The molecule has 0 fully saturated rings. The Balaban J connectivity index is 2.49. The minimum atomic E-state index is -2.49. The highest BCUT2D eigenvalue weighted by atomic mass is 19.3. The van der Waals surface area contributed by atoms with Crippen molar-refractivity contribution in [1.29, 1.82) is 0 Å². The van der Waals surface area contributed by atoms with E-state index in [1.54, 1.807) is 12.1 Å². The van der Waals surface area contributed by atoms with Gasteiger partial charge in [-0.05, 0) is 26.8 Å². The van der Waals surface area contributed by atoms with Gasteiger partial charge < -0.3 is 5.32 Å². The molecule has 1 heterocycles. The summed E-state index contributed by atoms with van der Waals surface area (Å²) in [5, 5.41) is 3.16. The fraction of sp³-hybridized carbons (Fsp3) is 0.333. The van der Waals surface area contributed by atoms with E-state index in [0.29, 0.717) is 11.4 Å². The fourth-order valence-electron chi connectivity index (χ4n) is 1.91. The quantitative estimate of drug-likeness (QED) is 0.913. The molecule has 0 aliphatic rings. The largest absolute Gasteiger partial charge is 0.370 e. The number of hydrogen-bond acceptors (Lipinski definition) is 3. The molecule has 0 radical (unpaired) electrons. The first-order chi connectivity index (χ1) is 9.52. The topological polar surface area (TPSA) is 37.8 Å². The second kappa shape index (κ2) is 5.94. The summed E-state index contributed by atoms with van der Waals surface area (Å²) in [6.07, 6.45) is -2.49. The lowest BCUT2D eigenvalue weighted by molar-refractivity contribution is 0.151. The van der Waals surface area contributed by atoms with Gasteiger partial charge in [0.25, 0.3) is 6.43 Å². The third-order valence-corrected chi connectivity index (χ3v) is 3.13. The van der Waals surface area contributed by atoms with Crippen LogP contribution >= 0.6 is 0 Å². The highest BCUT2D eigenvalue weighted by molar-refractivity contribution is 5.60. The van der Waals surface area contributed by atoms with Crippen LogP contribution in [0.3, 0.4) is 0 Å². The molecular formula is C15H17F2N3. The van der Waals surface area contributed by atoms with Crippen LogP contribution in [0.25, 0.3) is 11.4 Å². The lowest BCUT2D eigenvalue weighted by Crippen LogP contribution is -2.06. The zero-order valence-corrected chi connectivity index (χ0v) is 11.7. The molecular weight excluding hydrogens is 260 g/mol. The van der Waals surface area contributed by atoms with Gasteiger partial charge in [-0.2, -0.15) is 0 Å². The summed E-state index contributed by atoms with van der Waals surface area (Å²) in [5.74, 6) is 1.21. The van der Waals surface area contributed by atoms with E-state index < -0.39 is 6.43 Å². The van der Waals surface area contributed by atoms with Crippen molar-refractivity contribution in [2.75, 3.05) is 11.9 Å². The fourth-order valence-corrected chi connectivity index (χ4v) is 1.91. The number of anilines is 1. The normalized spacial score (nSPS) is 10.9. The van der Waals surface area contributed by atoms with Crippen LogP contribution in [0.1, 0.15) is 30.2 Å². The number of halogens is 2. The Kier molecular flexibility index (Phi) is 4.27. The van der Waals surface area contributed by atoms with Gasteiger partial charge in [0.05, 0.1) is 0 Å². The molecule has 1 aromatic heterocycles. The number of rotatable bonds is 4. The van der Waals surface area contributed by atoms with Crippen molar-refractivity contribution >= 4 is 5.82 Å². The first-order valence-electron chi connectivity index (χ1n) is 6.50. The standard InChI is InChI=1S/C15H17F2N3/c1-4-18-14-9(2)10(3)19-15(20-14)12-7-5-6-11(8-12)13(16)17/h5-8,13H,4H2,1-3H3,(H,18,19,20). The van der Waals surface area contributed by atoms with Crippen molar-refractivity contribution in [2.24, 2.45) is 0 Å². The van der Waals surface area contributed by atoms with Crippen molar-refractivity contribution in [3.8, 4) is 11.4 Å². The van der Waals surface area contributed by atoms with Crippen LogP contribution in [0.5, 0.6) is 0 Å². The van der Waals surface area contributed by atoms with Gasteiger partial charge in [0.2, 0.25) is 0 Å². The van der Waals surface area contributed by atoms with Crippen molar-refractivity contribution in [1.82, 2.24) is 9.97 Å². The predicted octanol–water partition coefficient (Wildman–Crippen LogP) is 4.13. The molecule has 1 N–H and O–H groups in total. The smallest absolute Gasteiger partial charge is 0.263 e. The lowest BCUT2D eigenvalue weighted by Gasteiger charge is -2.11. The second-order valence-electron chi connectivity index (χ2n) is 4.56. The molecule has 0 saturated heterocycles. The van der Waals surface area contributed by atoms with Crippen LogP contribution in [0.15, 0.2) is 24.3 Å². The average molecular weight is 277 g/mol.